The van der Waals surface area contributed by atoms with Crippen LogP contribution in [0.25, 0.3) is 0 Å². The highest BCUT2D eigenvalue weighted by Crippen LogP contribution is 2.16. The van der Waals surface area contributed by atoms with E-state index in [9.17, 15) is 4.79 Å². The molecule has 1 amide bonds. The molecule has 2 rings (SSSR count). The van der Waals surface area contributed by atoms with Crippen molar-refractivity contribution < 1.29 is 13.9 Å². The average Bonchev–Trinajstić information content (AvgIpc) is 3.06. The van der Waals surface area contributed by atoms with Crippen molar-refractivity contribution in [2.24, 2.45) is 10.7 Å². The first kappa shape index (κ1) is 18.7. The van der Waals surface area contributed by atoms with Crippen molar-refractivity contribution in [3.8, 4) is 5.75 Å². The molecule has 7 nitrogen and oxygen atoms in total. The van der Waals surface area contributed by atoms with E-state index in [-0.39, 0.29) is 11.9 Å². The molecule has 0 aliphatic heterocycles. The molecule has 0 saturated carbocycles. The number of nitrogens with two attached hydrogens (primary N) is 1. The predicted molar refractivity (Wildman–Crippen MR) is 97.0 cm³/mol. The topological polar surface area (TPSA) is 102 Å². The van der Waals surface area contributed by atoms with E-state index in [0.29, 0.717) is 29.8 Å². The molecule has 1 aromatic carbocycles. The summed E-state index contributed by atoms with van der Waals surface area (Å²) in [6.45, 7) is 2.87. The maximum Gasteiger partial charge on any atom is 0.284 e. The Labute approximate surface area is 151 Å². The lowest BCUT2D eigenvalue weighted by atomic mass is 10.3. The molecular formula is C17H21ClN4O3. The summed E-state index contributed by atoms with van der Waals surface area (Å²) in [5, 5.41) is 6.91. The highest BCUT2D eigenvalue weighted by molar-refractivity contribution is 6.30. The van der Waals surface area contributed by atoms with Gasteiger partial charge in [-0.05, 0) is 43.3 Å². The van der Waals surface area contributed by atoms with E-state index < -0.39 is 5.91 Å². The highest BCUT2D eigenvalue weighted by Gasteiger charge is 2.09. The minimum atomic E-state index is -0.595. The Morgan fingerprint density at radius 1 is 1.28 bits per heavy atom. The largest absolute Gasteiger partial charge is 0.489 e. The minimum Gasteiger partial charge on any atom is -0.489 e. The number of nitrogens with one attached hydrogen (secondary N) is 2. The van der Waals surface area contributed by atoms with Gasteiger partial charge in [0.05, 0.1) is 13.1 Å². The lowest BCUT2D eigenvalue weighted by Crippen LogP contribution is -2.41. The van der Waals surface area contributed by atoms with E-state index in [1.165, 1.54) is 6.07 Å². The first-order chi connectivity index (χ1) is 12.0. The van der Waals surface area contributed by atoms with Gasteiger partial charge >= 0.3 is 0 Å². The number of guanidine groups is 1. The highest BCUT2D eigenvalue weighted by atomic mass is 35.5. The number of halogens is 1. The summed E-state index contributed by atoms with van der Waals surface area (Å²) in [7, 11) is 1.66. The number of furan rings is 1. The lowest BCUT2D eigenvalue weighted by molar-refractivity contribution is 0.0972. The number of carbonyl (C=O) groups excluding carboxylic acids is 1. The second-order valence-electron chi connectivity index (χ2n) is 5.32. The molecule has 0 spiro atoms. The molecule has 1 aromatic heterocycles. The van der Waals surface area contributed by atoms with Crippen molar-refractivity contribution in [1.82, 2.24) is 10.6 Å². The molecule has 0 bridgehead atoms. The molecule has 0 fully saturated rings. The third-order valence-electron chi connectivity index (χ3n) is 3.27. The van der Waals surface area contributed by atoms with E-state index in [1.54, 1.807) is 25.2 Å². The second-order valence-corrected chi connectivity index (χ2v) is 5.76. The Balaban J connectivity index is 1.77. The normalized spacial score (nSPS) is 12.5. The number of rotatable bonds is 7. The Kier molecular flexibility index (Phi) is 6.71. The van der Waals surface area contributed by atoms with Gasteiger partial charge in [-0.3, -0.25) is 9.79 Å². The van der Waals surface area contributed by atoms with Gasteiger partial charge in [0.15, 0.2) is 11.7 Å². The molecular weight excluding hydrogens is 344 g/mol. The van der Waals surface area contributed by atoms with Gasteiger partial charge in [-0.1, -0.05) is 11.6 Å². The third kappa shape index (κ3) is 6.04. The number of ether oxygens (including phenoxy) is 1. The molecule has 0 aliphatic carbocycles. The second kappa shape index (κ2) is 8.98. The molecule has 0 saturated heterocycles. The zero-order valence-electron chi connectivity index (χ0n) is 14.1. The first-order valence-electron chi connectivity index (χ1n) is 7.73. The number of primary amides is 1. The van der Waals surface area contributed by atoms with Crippen LogP contribution in [0.1, 0.15) is 23.2 Å². The summed E-state index contributed by atoms with van der Waals surface area (Å²) in [6.07, 6.45) is -0.0789. The number of hydrogen-bond acceptors (Lipinski definition) is 4. The quantitative estimate of drug-likeness (QED) is 0.516. The molecule has 8 heteroatoms. The lowest BCUT2D eigenvalue weighted by Gasteiger charge is -2.17. The van der Waals surface area contributed by atoms with Crippen molar-refractivity contribution in [2.75, 3.05) is 13.6 Å². The van der Waals surface area contributed by atoms with Crippen LogP contribution >= 0.6 is 11.6 Å². The summed E-state index contributed by atoms with van der Waals surface area (Å²) in [6, 6.07) is 10.4. The van der Waals surface area contributed by atoms with Crippen LogP contribution < -0.4 is 21.1 Å². The maximum atomic E-state index is 11.0. The zero-order valence-corrected chi connectivity index (χ0v) is 14.8. The fourth-order valence-electron chi connectivity index (χ4n) is 2.02. The summed E-state index contributed by atoms with van der Waals surface area (Å²) in [5.74, 6) is 1.45. The van der Waals surface area contributed by atoms with Gasteiger partial charge in [0.25, 0.3) is 5.91 Å². The van der Waals surface area contributed by atoms with E-state index in [4.69, 9.17) is 26.5 Å². The molecule has 1 atom stereocenters. The number of amides is 1. The fourth-order valence-corrected chi connectivity index (χ4v) is 2.15. The number of nitrogens with zero attached hydrogens (tertiary/aromatic N) is 1. The smallest absolute Gasteiger partial charge is 0.284 e. The summed E-state index contributed by atoms with van der Waals surface area (Å²) < 4.78 is 11.1. The van der Waals surface area contributed by atoms with Crippen molar-refractivity contribution in [3.05, 3.63) is 52.9 Å². The van der Waals surface area contributed by atoms with Crippen LogP contribution in [0.3, 0.4) is 0 Å². The van der Waals surface area contributed by atoms with Gasteiger partial charge in [0, 0.05) is 12.1 Å². The van der Waals surface area contributed by atoms with Crippen LogP contribution in [0.5, 0.6) is 5.75 Å². The van der Waals surface area contributed by atoms with Crippen molar-refractivity contribution in [3.63, 3.8) is 0 Å². The molecule has 0 radical (unpaired) electrons. The number of benzene rings is 1. The standard InChI is InChI=1S/C17H21ClN4O3/c1-11(24-13-5-3-12(18)4-6-13)9-21-17(20-2)22-10-14-7-8-15(25-14)16(19)23/h3-8,11H,9-10H2,1-2H3,(H2,19,23)(H2,20,21,22). The van der Waals surface area contributed by atoms with Crippen LogP contribution in [0, 0.1) is 0 Å². The first-order valence-corrected chi connectivity index (χ1v) is 8.11. The summed E-state index contributed by atoms with van der Waals surface area (Å²) >= 11 is 5.85. The SMILES string of the molecule is CN=C(NCc1ccc(C(N)=O)o1)NCC(C)Oc1ccc(Cl)cc1. The Bertz CT molecular complexity index is 728. The Hall–Kier alpha value is -2.67. The average molecular weight is 365 g/mol. The van der Waals surface area contributed by atoms with Gasteiger partial charge < -0.3 is 25.5 Å². The van der Waals surface area contributed by atoms with Gasteiger partial charge in [0.2, 0.25) is 0 Å². The van der Waals surface area contributed by atoms with Crippen LogP contribution in [0.15, 0.2) is 45.8 Å². The van der Waals surface area contributed by atoms with Crippen molar-refractivity contribution in [2.45, 2.75) is 19.6 Å². The van der Waals surface area contributed by atoms with Crippen LogP contribution in [-0.2, 0) is 6.54 Å². The minimum absolute atomic E-state index is 0.0789. The van der Waals surface area contributed by atoms with Gasteiger partial charge in [-0.15, -0.1) is 0 Å². The van der Waals surface area contributed by atoms with Gasteiger partial charge in [0.1, 0.15) is 17.6 Å². The Morgan fingerprint density at radius 2 is 2.00 bits per heavy atom. The number of aliphatic imine (C=N–C) groups is 1. The predicted octanol–water partition coefficient (Wildman–Crippen LogP) is 2.16. The molecule has 1 unspecified atom stereocenters. The maximum absolute atomic E-state index is 11.0. The van der Waals surface area contributed by atoms with Crippen LogP contribution in [0.2, 0.25) is 5.02 Å². The third-order valence-corrected chi connectivity index (χ3v) is 3.52. The molecule has 1 heterocycles. The van der Waals surface area contributed by atoms with Crippen LogP contribution in [0.4, 0.5) is 0 Å². The molecule has 25 heavy (non-hydrogen) atoms. The van der Waals surface area contributed by atoms with E-state index in [1.807, 2.05) is 19.1 Å². The Morgan fingerprint density at radius 3 is 2.60 bits per heavy atom. The molecule has 0 aliphatic rings. The van der Waals surface area contributed by atoms with E-state index >= 15 is 0 Å². The number of hydrogen-bond donors (Lipinski definition) is 3. The molecule has 134 valence electrons. The van der Waals surface area contributed by atoms with E-state index in [0.717, 1.165) is 5.75 Å². The zero-order chi connectivity index (χ0) is 18.2. The van der Waals surface area contributed by atoms with Crippen LogP contribution in [-0.4, -0.2) is 31.6 Å². The van der Waals surface area contributed by atoms with E-state index in [2.05, 4.69) is 15.6 Å². The monoisotopic (exact) mass is 364 g/mol. The summed E-state index contributed by atoms with van der Waals surface area (Å²) in [4.78, 5) is 15.1. The van der Waals surface area contributed by atoms with Gasteiger partial charge in [-0.2, -0.15) is 0 Å². The van der Waals surface area contributed by atoms with Gasteiger partial charge in [-0.25, -0.2) is 0 Å². The molecule has 4 N–H and O–H groups in total. The number of carbonyl (C=O) groups is 1. The fraction of sp³-hybridized carbons (Fsp3) is 0.294. The summed E-state index contributed by atoms with van der Waals surface area (Å²) in [5.41, 5.74) is 5.15. The van der Waals surface area contributed by atoms with Crippen molar-refractivity contribution in [1.29, 1.82) is 0 Å². The molecule has 2 aromatic rings. The van der Waals surface area contributed by atoms with Crippen molar-refractivity contribution >= 4 is 23.5 Å².